The summed E-state index contributed by atoms with van der Waals surface area (Å²) in [7, 11) is 0. The minimum Gasteiger partial charge on any atom is -0.272 e. The first-order valence-corrected chi connectivity index (χ1v) is 3.80. The van der Waals surface area contributed by atoms with Crippen molar-refractivity contribution in [1.29, 1.82) is 0 Å². The highest BCUT2D eigenvalue weighted by atomic mass is 15.3. The van der Waals surface area contributed by atoms with Gasteiger partial charge in [0.1, 0.15) is 0 Å². The number of hydrogen-bond acceptors (Lipinski definition) is 1. The molecule has 1 heterocycles. The maximum absolute atomic E-state index is 4.12. The molecule has 0 aliphatic rings. The Bertz CT molecular complexity index is 167. The average Bonchev–Trinajstić information content (AvgIpc) is 2.40. The van der Waals surface area contributed by atoms with Gasteiger partial charge in [0, 0.05) is 18.9 Å². The van der Waals surface area contributed by atoms with Crippen LogP contribution in [-0.4, -0.2) is 9.78 Å². The largest absolute Gasteiger partial charge is 0.272 e. The van der Waals surface area contributed by atoms with Crippen molar-refractivity contribution in [2.75, 3.05) is 0 Å². The van der Waals surface area contributed by atoms with Gasteiger partial charge in [0.05, 0.1) is 0 Å². The van der Waals surface area contributed by atoms with E-state index in [1.54, 1.807) is 0 Å². The van der Waals surface area contributed by atoms with E-state index in [0.717, 1.165) is 12.5 Å². The molecule has 0 aliphatic heterocycles. The Kier molecular flexibility index (Phi) is 2.49. The lowest BCUT2D eigenvalue weighted by Gasteiger charge is -2.06. The summed E-state index contributed by atoms with van der Waals surface area (Å²) in [6.45, 7) is 5.49. The van der Waals surface area contributed by atoms with E-state index in [0.29, 0.717) is 0 Å². The number of hydrogen-bond donors (Lipinski definition) is 0. The van der Waals surface area contributed by atoms with Gasteiger partial charge in [-0.1, -0.05) is 20.3 Å². The summed E-state index contributed by atoms with van der Waals surface area (Å²) in [6.07, 6.45) is 5.05. The fourth-order valence-corrected chi connectivity index (χ4v) is 0.857. The van der Waals surface area contributed by atoms with Gasteiger partial charge in [0.15, 0.2) is 0 Å². The molecule has 56 valence electrons. The second-order valence-electron chi connectivity index (χ2n) is 2.74. The van der Waals surface area contributed by atoms with Gasteiger partial charge >= 0.3 is 0 Å². The van der Waals surface area contributed by atoms with Gasteiger partial charge in [-0.25, -0.2) is 0 Å². The number of aromatic nitrogens is 2. The van der Waals surface area contributed by atoms with Crippen LogP contribution in [0.4, 0.5) is 0 Å². The molecule has 1 atom stereocenters. The van der Waals surface area contributed by atoms with Crippen molar-refractivity contribution in [2.24, 2.45) is 5.92 Å². The molecule has 0 aliphatic carbocycles. The van der Waals surface area contributed by atoms with Crippen LogP contribution >= 0.6 is 0 Å². The van der Waals surface area contributed by atoms with Crippen LogP contribution in [0.1, 0.15) is 20.3 Å². The molecule has 0 spiro atoms. The lowest BCUT2D eigenvalue weighted by Crippen LogP contribution is -2.06. The molecular formula is C8H14N2. The normalized spacial score (nSPS) is 13.4. The summed E-state index contributed by atoms with van der Waals surface area (Å²) in [5, 5.41) is 4.12. The molecule has 10 heavy (non-hydrogen) atoms. The highest BCUT2D eigenvalue weighted by molar-refractivity contribution is 4.77. The lowest BCUT2D eigenvalue weighted by atomic mass is 10.1. The molecule has 1 aromatic rings. The molecule has 2 heteroatoms. The van der Waals surface area contributed by atoms with Crippen molar-refractivity contribution in [3.8, 4) is 0 Å². The molecule has 0 aromatic carbocycles. The quantitative estimate of drug-likeness (QED) is 0.624. The third kappa shape index (κ3) is 1.87. The Labute approximate surface area is 61.9 Å². The molecule has 0 saturated heterocycles. The van der Waals surface area contributed by atoms with Gasteiger partial charge in [-0.05, 0) is 12.0 Å². The van der Waals surface area contributed by atoms with E-state index in [-0.39, 0.29) is 0 Å². The molecular weight excluding hydrogens is 124 g/mol. The Morgan fingerprint density at radius 2 is 2.40 bits per heavy atom. The van der Waals surface area contributed by atoms with Gasteiger partial charge in [0.2, 0.25) is 0 Å². The summed E-state index contributed by atoms with van der Waals surface area (Å²) in [4.78, 5) is 0. The van der Waals surface area contributed by atoms with Crippen molar-refractivity contribution in [3.05, 3.63) is 18.5 Å². The van der Waals surface area contributed by atoms with Crippen LogP contribution in [0.15, 0.2) is 18.5 Å². The summed E-state index contributed by atoms with van der Waals surface area (Å²) in [5.41, 5.74) is 0. The fourth-order valence-electron chi connectivity index (χ4n) is 0.857. The molecule has 2 nitrogen and oxygen atoms in total. The fraction of sp³-hybridized carbons (Fsp3) is 0.625. The predicted octanol–water partition coefficient (Wildman–Crippen LogP) is 1.93. The first kappa shape index (κ1) is 7.32. The van der Waals surface area contributed by atoms with Crippen LogP contribution in [-0.2, 0) is 6.54 Å². The molecule has 1 rings (SSSR count). The minimum atomic E-state index is 0.736. The maximum Gasteiger partial charge on any atom is 0.0489 e. The van der Waals surface area contributed by atoms with Gasteiger partial charge in [-0.15, -0.1) is 0 Å². The first-order valence-electron chi connectivity index (χ1n) is 3.80. The first-order chi connectivity index (χ1) is 4.83. The smallest absolute Gasteiger partial charge is 0.0489 e. The third-order valence-corrected chi connectivity index (χ3v) is 1.75. The second-order valence-corrected chi connectivity index (χ2v) is 2.74. The summed E-state index contributed by atoms with van der Waals surface area (Å²) < 4.78 is 1.98. The Morgan fingerprint density at radius 3 is 2.90 bits per heavy atom. The number of rotatable bonds is 3. The van der Waals surface area contributed by atoms with Crippen LogP contribution in [0.2, 0.25) is 0 Å². The van der Waals surface area contributed by atoms with Gasteiger partial charge in [0.25, 0.3) is 0 Å². The van der Waals surface area contributed by atoms with Crippen molar-refractivity contribution in [1.82, 2.24) is 9.78 Å². The molecule has 0 saturated carbocycles. The van der Waals surface area contributed by atoms with Crippen molar-refractivity contribution in [2.45, 2.75) is 26.8 Å². The monoisotopic (exact) mass is 138 g/mol. The van der Waals surface area contributed by atoms with E-state index in [4.69, 9.17) is 0 Å². The van der Waals surface area contributed by atoms with Gasteiger partial charge in [-0.2, -0.15) is 5.10 Å². The van der Waals surface area contributed by atoms with E-state index < -0.39 is 0 Å². The predicted molar refractivity (Wildman–Crippen MR) is 41.7 cm³/mol. The van der Waals surface area contributed by atoms with Crippen molar-refractivity contribution >= 4 is 0 Å². The zero-order valence-electron chi connectivity index (χ0n) is 6.62. The second kappa shape index (κ2) is 3.40. The van der Waals surface area contributed by atoms with Crippen molar-refractivity contribution in [3.63, 3.8) is 0 Å². The molecule has 1 unspecified atom stereocenters. The topological polar surface area (TPSA) is 17.8 Å². The van der Waals surface area contributed by atoms with E-state index >= 15 is 0 Å². The molecule has 1 aromatic heterocycles. The lowest BCUT2D eigenvalue weighted by molar-refractivity contribution is 0.439. The van der Waals surface area contributed by atoms with Crippen LogP contribution in [0.25, 0.3) is 0 Å². The Balaban J connectivity index is 2.40. The number of nitrogens with zero attached hydrogens (tertiary/aromatic N) is 2. The van der Waals surface area contributed by atoms with Crippen LogP contribution in [0, 0.1) is 5.92 Å². The SMILES string of the molecule is CCC(C)Cn1cccn1. The summed E-state index contributed by atoms with van der Waals surface area (Å²) >= 11 is 0. The van der Waals surface area contributed by atoms with E-state index in [1.165, 1.54) is 6.42 Å². The molecule has 0 bridgehead atoms. The van der Waals surface area contributed by atoms with Crippen LogP contribution in [0.3, 0.4) is 0 Å². The maximum atomic E-state index is 4.12. The third-order valence-electron chi connectivity index (χ3n) is 1.75. The van der Waals surface area contributed by atoms with Crippen LogP contribution in [0.5, 0.6) is 0 Å². The summed E-state index contributed by atoms with van der Waals surface area (Å²) in [6, 6.07) is 1.96. The molecule has 0 N–H and O–H groups in total. The molecule has 0 fully saturated rings. The Morgan fingerprint density at radius 1 is 1.60 bits per heavy atom. The zero-order valence-corrected chi connectivity index (χ0v) is 6.62. The average molecular weight is 138 g/mol. The van der Waals surface area contributed by atoms with Gasteiger partial charge < -0.3 is 0 Å². The van der Waals surface area contributed by atoms with Gasteiger partial charge in [-0.3, -0.25) is 4.68 Å². The standard InChI is InChI=1S/C8H14N2/c1-3-8(2)7-10-6-4-5-9-10/h4-6,8H,3,7H2,1-2H3. The van der Waals surface area contributed by atoms with E-state index in [1.807, 2.05) is 23.1 Å². The van der Waals surface area contributed by atoms with Crippen molar-refractivity contribution < 1.29 is 0 Å². The van der Waals surface area contributed by atoms with Crippen LogP contribution < -0.4 is 0 Å². The zero-order chi connectivity index (χ0) is 7.40. The molecule has 0 amide bonds. The van der Waals surface area contributed by atoms with E-state index in [2.05, 4.69) is 18.9 Å². The Hall–Kier alpha value is -0.790. The minimum absolute atomic E-state index is 0.736. The van der Waals surface area contributed by atoms with E-state index in [9.17, 15) is 0 Å². The summed E-state index contributed by atoms with van der Waals surface area (Å²) in [5.74, 6) is 0.736. The molecule has 0 radical (unpaired) electrons. The highest BCUT2D eigenvalue weighted by Crippen LogP contribution is 2.02. The highest BCUT2D eigenvalue weighted by Gasteiger charge is 1.98.